The van der Waals surface area contributed by atoms with Crippen molar-refractivity contribution in [1.29, 1.82) is 0 Å². The monoisotopic (exact) mass is 410 g/mol. The van der Waals surface area contributed by atoms with Crippen LogP contribution in [0, 0.1) is 0 Å². The number of hydrogen-bond donors (Lipinski definition) is 2. The first-order valence-corrected chi connectivity index (χ1v) is 9.84. The van der Waals surface area contributed by atoms with Crippen LogP contribution in [0.1, 0.15) is 32.4 Å². The molecule has 0 aromatic carbocycles. The molecule has 0 amide bonds. The maximum Gasteiger partial charge on any atom is 0.351 e. The molecule has 1 aromatic rings. The lowest BCUT2D eigenvalue weighted by molar-refractivity contribution is -0.119. The van der Waals surface area contributed by atoms with Crippen molar-refractivity contribution in [3.05, 3.63) is 34.5 Å². The number of nitrogens with zero attached hydrogens (tertiary/aromatic N) is 4. The van der Waals surface area contributed by atoms with Gasteiger partial charge in [0.15, 0.2) is 0 Å². The predicted octanol–water partition coefficient (Wildman–Crippen LogP) is 1.41. The van der Waals surface area contributed by atoms with Gasteiger partial charge in [0.25, 0.3) is 5.92 Å². The standard InChI is InChI=1S/C19H28F2N6O2/c1-3-4-15-14(5-7-23-2)24-8-10-26(15)12-13-11-19(20,21)17(29-13)27-9-6-16(22)25-18(27)28/h5-7,9,13,15,17,24H,3-4,8,10-12H2,1-2H3,(H2,22,25,28)/b14-5-,23-7?/t13-,15?,17+/m0/s1. The largest absolute Gasteiger partial charge is 0.386 e. The van der Waals surface area contributed by atoms with Crippen LogP contribution in [-0.2, 0) is 4.74 Å². The van der Waals surface area contributed by atoms with Crippen molar-refractivity contribution in [2.75, 3.05) is 32.4 Å². The predicted molar refractivity (Wildman–Crippen MR) is 107 cm³/mol. The van der Waals surface area contributed by atoms with Crippen LogP contribution in [0.5, 0.6) is 0 Å². The van der Waals surface area contributed by atoms with Gasteiger partial charge >= 0.3 is 5.69 Å². The Bertz CT molecular complexity index is 825. The minimum atomic E-state index is -3.17. The normalized spacial score (nSPS) is 28.8. The molecule has 1 aromatic heterocycles. The Kier molecular flexibility index (Phi) is 6.63. The number of aromatic nitrogens is 2. The Morgan fingerprint density at radius 3 is 3.00 bits per heavy atom. The van der Waals surface area contributed by atoms with Crippen molar-refractivity contribution in [1.82, 2.24) is 19.8 Å². The smallest absolute Gasteiger partial charge is 0.351 e. The van der Waals surface area contributed by atoms with E-state index < -0.39 is 30.4 Å². The number of alkyl halides is 2. The van der Waals surface area contributed by atoms with Crippen molar-refractivity contribution in [3.63, 3.8) is 0 Å². The second-order valence-electron chi connectivity index (χ2n) is 7.37. The minimum absolute atomic E-state index is 0.0118. The van der Waals surface area contributed by atoms with Crippen LogP contribution in [-0.4, -0.2) is 65.4 Å². The Morgan fingerprint density at radius 1 is 1.52 bits per heavy atom. The number of hydrogen-bond acceptors (Lipinski definition) is 7. The zero-order valence-electron chi connectivity index (χ0n) is 16.7. The Labute approximate surface area is 168 Å². The molecule has 0 saturated carbocycles. The van der Waals surface area contributed by atoms with E-state index >= 15 is 0 Å². The fourth-order valence-corrected chi connectivity index (χ4v) is 3.95. The van der Waals surface area contributed by atoms with Crippen LogP contribution in [0.25, 0.3) is 0 Å². The molecule has 3 rings (SSSR count). The van der Waals surface area contributed by atoms with Crippen molar-refractivity contribution in [3.8, 4) is 0 Å². The van der Waals surface area contributed by atoms with Gasteiger partial charge in [-0.05, 0) is 18.6 Å². The average Bonchev–Trinajstić information content (AvgIpc) is 2.96. The van der Waals surface area contributed by atoms with E-state index in [2.05, 4.69) is 27.1 Å². The fraction of sp³-hybridized carbons (Fsp3) is 0.632. The third kappa shape index (κ3) is 4.81. The lowest BCUT2D eigenvalue weighted by atomic mass is 10.0. The molecule has 10 heteroatoms. The van der Waals surface area contributed by atoms with Crippen LogP contribution in [0.3, 0.4) is 0 Å². The summed E-state index contributed by atoms with van der Waals surface area (Å²) >= 11 is 0. The van der Waals surface area contributed by atoms with Crippen LogP contribution in [0.15, 0.2) is 33.8 Å². The van der Waals surface area contributed by atoms with Gasteiger partial charge in [0.2, 0.25) is 6.23 Å². The molecule has 3 heterocycles. The summed E-state index contributed by atoms with van der Waals surface area (Å²) < 4.78 is 35.8. The number of rotatable bonds is 6. The summed E-state index contributed by atoms with van der Waals surface area (Å²) in [6.45, 7) is 3.90. The van der Waals surface area contributed by atoms with E-state index in [1.54, 1.807) is 13.3 Å². The van der Waals surface area contributed by atoms with Crippen LogP contribution >= 0.6 is 0 Å². The van der Waals surface area contributed by atoms with E-state index in [-0.39, 0.29) is 11.9 Å². The van der Waals surface area contributed by atoms with Crippen LogP contribution in [0.4, 0.5) is 14.6 Å². The highest BCUT2D eigenvalue weighted by Gasteiger charge is 2.52. The fourth-order valence-electron chi connectivity index (χ4n) is 3.95. The summed E-state index contributed by atoms with van der Waals surface area (Å²) in [7, 11) is 1.70. The van der Waals surface area contributed by atoms with E-state index in [9.17, 15) is 13.6 Å². The molecule has 2 fully saturated rings. The summed E-state index contributed by atoms with van der Waals surface area (Å²) in [6.07, 6.45) is 3.89. The number of allylic oxidation sites excluding steroid dienone is 1. The number of anilines is 1. The van der Waals surface area contributed by atoms with E-state index in [1.165, 1.54) is 12.3 Å². The third-order valence-corrected chi connectivity index (χ3v) is 5.22. The number of halogens is 2. The van der Waals surface area contributed by atoms with Gasteiger partial charge in [0.1, 0.15) is 5.82 Å². The first kappa shape index (κ1) is 21.4. The summed E-state index contributed by atoms with van der Waals surface area (Å²) in [6, 6.07) is 1.40. The Hall–Kier alpha value is -2.33. The highest BCUT2D eigenvalue weighted by atomic mass is 19.3. The topological polar surface area (TPSA) is 97.8 Å². The number of nitrogen functional groups attached to an aromatic ring is 1. The van der Waals surface area contributed by atoms with Gasteiger partial charge in [-0.15, -0.1) is 0 Å². The molecule has 3 N–H and O–H groups in total. The number of nitrogens with one attached hydrogen (secondary N) is 1. The number of piperazine rings is 1. The summed E-state index contributed by atoms with van der Waals surface area (Å²) in [4.78, 5) is 21.7. The Morgan fingerprint density at radius 2 is 2.31 bits per heavy atom. The molecule has 160 valence electrons. The first-order chi connectivity index (χ1) is 13.9. The molecule has 3 atom stereocenters. The maximum atomic E-state index is 14.7. The van der Waals surface area contributed by atoms with E-state index in [4.69, 9.17) is 10.5 Å². The van der Waals surface area contributed by atoms with Crippen LogP contribution in [0.2, 0.25) is 0 Å². The minimum Gasteiger partial charge on any atom is -0.386 e. The zero-order valence-corrected chi connectivity index (χ0v) is 16.7. The first-order valence-electron chi connectivity index (χ1n) is 9.84. The number of ether oxygens (including phenoxy) is 1. The maximum absolute atomic E-state index is 14.7. The lowest BCUT2D eigenvalue weighted by Crippen LogP contribution is -2.51. The van der Waals surface area contributed by atoms with Gasteiger partial charge in [0.05, 0.1) is 6.10 Å². The highest BCUT2D eigenvalue weighted by molar-refractivity contribution is 5.72. The molecule has 1 unspecified atom stereocenters. The molecule has 29 heavy (non-hydrogen) atoms. The van der Waals surface area contributed by atoms with Crippen molar-refractivity contribution < 1.29 is 13.5 Å². The van der Waals surface area contributed by atoms with Crippen molar-refractivity contribution >= 4 is 12.0 Å². The van der Waals surface area contributed by atoms with Gasteiger partial charge in [-0.25, -0.2) is 13.6 Å². The molecule has 0 spiro atoms. The van der Waals surface area contributed by atoms with E-state index in [0.717, 1.165) is 36.2 Å². The van der Waals surface area contributed by atoms with Crippen molar-refractivity contribution in [2.24, 2.45) is 4.99 Å². The molecule has 0 bridgehead atoms. The quantitative estimate of drug-likeness (QED) is 0.688. The van der Waals surface area contributed by atoms with E-state index in [0.29, 0.717) is 6.54 Å². The average molecular weight is 410 g/mol. The highest BCUT2D eigenvalue weighted by Crippen LogP contribution is 2.42. The summed E-state index contributed by atoms with van der Waals surface area (Å²) in [5.74, 6) is -3.18. The molecular formula is C19H28F2N6O2. The molecular weight excluding hydrogens is 382 g/mol. The van der Waals surface area contributed by atoms with Gasteiger partial charge in [-0.1, -0.05) is 13.3 Å². The summed E-state index contributed by atoms with van der Waals surface area (Å²) in [5, 5.41) is 3.38. The number of aliphatic imine (C=N–C) groups is 1. The second-order valence-corrected chi connectivity index (χ2v) is 7.37. The van der Waals surface area contributed by atoms with Gasteiger partial charge in [-0.2, -0.15) is 4.98 Å². The molecule has 0 aliphatic carbocycles. The lowest BCUT2D eigenvalue weighted by Gasteiger charge is -2.39. The molecule has 2 aliphatic rings. The van der Waals surface area contributed by atoms with Crippen molar-refractivity contribution in [2.45, 2.75) is 50.5 Å². The second kappa shape index (κ2) is 9.00. The van der Waals surface area contributed by atoms with Gasteiger partial charge in [-0.3, -0.25) is 14.5 Å². The SMILES string of the molecule is CCCC1/C(=C/C=NC)NCCN1C[C@@H]1CC(F)(F)[C@H](n2ccc(N)nc2=O)O1. The van der Waals surface area contributed by atoms with E-state index in [1.807, 2.05) is 6.08 Å². The zero-order chi connectivity index (χ0) is 21.0. The van der Waals surface area contributed by atoms with Gasteiger partial charge in [0, 0.05) is 57.3 Å². The molecule has 2 saturated heterocycles. The molecule has 2 aliphatic heterocycles. The Balaban J connectivity index is 1.76. The number of nitrogens with two attached hydrogens (primary N) is 1. The molecule has 0 radical (unpaired) electrons. The van der Waals surface area contributed by atoms with Crippen LogP contribution < -0.4 is 16.7 Å². The summed E-state index contributed by atoms with van der Waals surface area (Å²) in [5.41, 5.74) is 5.65. The molecule has 8 nitrogen and oxygen atoms in total. The van der Waals surface area contributed by atoms with Gasteiger partial charge < -0.3 is 15.8 Å². The third-order valence-electron chi connectivity index (χ3n) is 5.22.